The van der Waals surface area contributed by atoms with Gasteiger partial charge in [0, 0.05) is 31.2 Å². The molecule has 146 valence electrons. The van der Waals surface area contributed by atoms with Crippen LogP contribution in [0, 0.1) is 5.92 Å². The summed E-state index contributed by atoms with van der Waals surface area (Å²) in [7, 11) is 0. The molecule has 6 nitrogen and oxygen atoms in total. The molecule has 7 heteroatoms. The summed E-state index contributed by atoms with van der Waals surface area (Å²) >= 11 is 0. The number of benzene rings is 1. The summed E-state index contributed by atoms with van der Waals surface area (Å²) in [6.45, 7) is 10.6. The van der Waals surface area contributed by atoms with Crippen LogP contribution in [0.15, 0.2) is 24.3 Å². The van der Waals surface area contributed by atoms with E-state index in [1.807, 2.05) is 25.7 Å². The zero-order valence-corrected chi connectivity index (χ0v) is 16.8. The summed E-state index contributed by atoms with van der Waals surface area (Å²) < 4.78 is 5.39. The van der Waals surface area contributed by atoms with Gasteiger partial charge in [-0.1, -0.05) is 13.8 Å². The average Bonchev–Trinajstić information content (AvgIpc) is 2.59. The van der Waals surface area contributed by atoms with Crippen molar-refractivity contribution < 1.29 is 14.3 Å². The van der Waals surface area contributed by atoms with Crippen molar-refractivity contribution in [3.63, 3.8) is 0 Å². The third-order valence-electron chi connectivity index (χ3n) is 4.33. The highest BCUT2D eigenvalue weighted by Gasteiger charge is 2.30. The molecule has 0 saturated carbocycles. The highest BCUT2D eigenvalue weighted by atomic mass is 35.5. The minimum atomic E-state index is -0.524. The van der Waals surface area contributed by atoms with Gasteiger partial charge in [0.05, 0.1) is 6.61 Å². The van der Waals surface area contributed by atoms with Gasteiger partial charge in [0.1, 0.15) is 11.8 Å². The van der Waals surface area contributed by atoms with E-state index in [4.69, 9.17) is 4.74 Å². The van der Waals surface area contributed by atoms with E-state index >= 15 is 0 Å². The highest BCUT2D eigenvalue weighted by Crippen LogP contribution is 2.14. The van der Waals surface area contributed by atoms with Crippen LogP contribution in [0.2, 0.25) is 0 Å². The molecular weight excluding hydrogens is 354 g/mol. The number of ether oxygens (including phenoxy) is 1. The van der Waals surface area contributed by atoms with Crippen LogP contribution in [0.3, 0.4) is 0 Å². The molecule has 26 heavy (non-hydrogen) atoms. The molecule has 0 aliphatic carbocycles. The van der Waals surface area contributed by atoms with Crippen molar-refractivity contribution in [2.45, 2.75) is 39.8 Å². The fourth-order valence-electron chi connectivity index (χ4n) is 2.94. The van der Waals surface area contributed by atoms with Gasteiger partial charge in [-0.15, -0.1) is 12.4 Å². The Labute approximate surface area is 162 Å². The molecule has 1 saturated heterocycles. The Morgan fingerprint density at radius 3 is 2.50 bits per heavy atom. The molecule has 2 rings (SSSR count). The van der Waals surface area contributed by atoms with Crippen LogP contribution in [0.4, 0.5) is 0 Å². The van der Waals surface area contributed by atoms with Crippen LogP contribution >= 0.6 is 12.4 Å². The molecule has 2 atom stereocenters. The van der Waals surface area contributed by atoms with E-state index in [0.717, 1.165) is 12.3 Å². The van der Waals surface area contributed by atoms with E-state index in [2.05, 4.69) is 17.6 Å². The lowest BCUT2D eigenvalue weighted by atomic mass is 10.0. The van der Waals surface area contributed by atoms with Crippen LogP contribution in [0.5, 0.6) is 5.75 Å². The molecule has 1 aliphatic heterocycles. The molecule has 1 aliphatic rings. The third kappa shape index (κ3) is 5.88. The number of piperazine rings is 1. The summed E-state index contributed by atoms with van der Waals surface area (Å²) in [6.07, 6.45) is 0. The third-order valence-corrected chi connectivity index (χ3v) is 4.33. The fraction of sp³-hybridized carbons (Fsp3) is 0.579. The number of amides is 2. The largest absolute Gasteiger partial charge is 0.494 e. The topological polar surface area (TPSA) is 70.7 Å². The average molecular weight is 384 g/mol. The second-order valence-corrected chi connectivity index (χ2v) is 6.79. The number of hydrogen-bond acceptors (Lipinski definition) is 4. The van der Waals surface area contributed by atoms with Crippen LogP contribution in [-0.2, 0) is 4.79 Å². The molecule has 2 N–H and O–H groups in total. The van der Waals surface area contributed by atoms with Crippen molar-refractivity contribution in [2.75, 3.05) is 26.2 Å². The van der Waals surface area contributed by atoms with Crippen molar-refractivity contribution in [2.24, 2.45) is 5.92 Å². The second kappa shape index (κ2) is 10.4. The Hall–Kier alpha value is -1.79. The smallest absolute Gasteiger partial charge is 0.251 e. The number of nitrogens with zero attached hydrogens (tertiary/aromatic N) is 1. The Bertz CT molecular complexity index is 592. The zero-order chi connectivity index (χ0) is 18.4. The van der Waals surface area contributed by atoms with E-state index in [9.17, 15) is 9.59 Å². The van der Waals surface area contributed by atoms with E-state index in [-0.39, 0.29) is 36.2 Å². The minimum absolute atomic E-state index is 0. The predicted molar refractivity (Wildman–Crippen MR) is 105 cm³/mol. The van der Waals surface area contributed by atoms with Crippen LogP contribution in [-0.4, -0.2) is 55.0 Å². The lowest BCUT2D eigenvalue weighted by Crippen LogP contribution is -2.57. The maximum atomic E-state index is 12.9. The maximum absolute atomic E-state index is 12.9. The number of nitrogens with one attached hydrogen (secondary N) is 2. The fourth-order valence-corrected chi connectivity index (χ4v) is 2.94. The van der Waals surface area contributed by atoms with Gasteiger partial charge >= 0.3 is 0 Å². The van der Waals surface area contributed by atoms with Gasteiger partial charge in [0.25, 0.3) is 5.91 Å². The highest BCUT2D eigenvalue weighted by molar-refractivity contribution is 5.97. The number of carbonyl (C=O) groups excluding carboxylic acids is 2. The van der Waals surface area contributed by atoms with Gasteiger partial charge in [-0.2, -0.15) is 0 Å². The second-order valence-electron chi connectivity index (χ2n) is 6.79. The lowest BCUT2D eigenvalue weighted by Gasteiger charge is -2.35. The number of carbonyl (C=O) groups is 2. The molecule has 2 unspecified atom stereocenters. The number of halogens is 1. The summed E-state index contributed by atoms with van der Waals surface area (Å²) in [6, 6.07) is 6.71. The predicted octanol–water partition coefficient (Wildman–Crippen LogP) is 2.08. The number of hydrogen-bond donors (Lipinski definition) is 2. The maximum Gasteiger partial charge on any atom is 0.251 e. The van der Waals surface area contributed by atoms with E-state index < -0.39 is 6.04 Å². The van der Waals surface area contributed by atoms with Crippen LogP contribution < -0.4 is 15.4 Å². The van der Waals surface area contributed by atoms with Gasteiger partial charge in [0.2, 0.25) is 5.91 Å². The molecule has 0 spiro atoms. The first-order chi connectivity index (χ1) is 11.9. The Morgan fingerprint density at radius 2 is 1.96 bits per heavy atom. The van der Waals surface area contributed by atoms with Crippen molar-refractivity contribution in [1.82, 2.24) is 15.5 Å². The van der Waals surface area contributed by atoms with E-state index in [1.165, 1.54) is 0 Å². The molecule has 0 radical (unpaired) electrons. The van der Waals surface area contributed by atoms with Crippen molar-refractivity contribution in [3.05, 3.63) is 29.8 Å². The summed E-state index contributed by atoms with van der Waals surface area (Å²) in [5.41, 5.74) is 0.524. The van der Waals surface area contributed by atoms with Crippen molar-refractivity contribution in [3.8, 4) is 5.75 Å². The summed E-state index contributed by atoms with van der Waals surface area (Å²) in [4.78, 5) is 27.2. The SMILES string of the molecule is CCOc1ccc(C(=O)NC(C(=O)N2CCNC(C)C2)C(C)C)cc1.Cl. The molecule has 1 aromatic carbocycles. The van der Waals surface area contributed by atoms with Crippen LogP contribution in [0.25, 0.3) is 0 Å². The normalized spacial score (nSPS) is 18.0. The van der Waals surface area contributed by atoms with E-state index in [1.54, 1.807) is 24.3 Å². The minimum Gasteiger partial charge on any atom is -0.494 e. The monoisotopic (exact) mass is 383 g/mol. The van der Waals surface area contributed by atoms with Gasteiger partial charge in [-0.25, -0.2) is 0 Å². The number of rotatable bonds is 6. The quantitative estimate of drug-likeness (QED) is 0.789. The Balaban J connectivity index is 0.00000338. The summed E-state index contributed by atoms with van der Waals surface area (Å²) in [5, 5.41) is 6.23. The van der Waals surface area contributed by atoms with Gasteiger partial charge in [0.15, 0.2) is 0 Å². The molecule has 2 amide bonds. The molecule has 0 aromatic heterocycles. The van der Waals surface area contributed by atoms with E-state index in [0.29, 0.717) is 25.3 Å². The Kier molecular flexibility index (Phi) is 8.88. The van der Waals surface area contributed by atoms with Gasteiger partial charge < -0.3 is 20.3 Å². The summed E-state index contributed by atoms with van der Waals surface area (Å²) in [5.74, 6) is 0.496. The molecule has 1 aromatic rings. The molecule has 1 fully saturated rings. The zero-order valence-electron chi connectivity index (χ0n) is 16.0. The van der Waals surface area contributed by atoms with Crippen LogP contribution in [0.1, 0.15) is 38.1 Å². The van der Waals surface area contributed by atoms with Gasteiger partial charge in [-0.05, 0) is 44.0 Å². The first-order valence-electron chi connectivity index (χ1n) is 8.98. The first kappa shape index (κ1) is 22.3. The lowest BCUT2D eigenvalue weighted by molar-refractivity contribution is -0.135. The molecule has 0 bridgehead atoms. The van der Waals surface area contributed by atoms with Crippen molar-refractivity contribution >= 4 is 24.2 Å². The standard InChI is InChI=1S/C19H29N3O3.ClH/c1-5-25-16-8-6-15(7-9-16)18(23)21-17(13(2)3)19(24)22-11-10-20-14(4)12-22;/h6-9,13-14,17,20H,5,10-12H2,1-4H3,(H,21,23);1H. The first-order valence-corrected chi connectivity index (χ1v) is 8.98. The Morgan fingerprint density at radius 1 is 1.31 bits per heavy atom. The van der Waals surface area contributed by atoms with Gasteiger partial charge in [-0.3, -0.25) is 9.59 Å². The van der Waals surface area contributed by atoms with Crippen molar-refractivity contribution in [1.29, 1.82) is 0 Å². The molecule has 1 heterocycles. The molecular formula is C19H30ClN3O3.